The Balaban J connectivity index is 1.42. The second kappa shape index (κ2) is 8.43. The minimum atomic E-state index is -0.160. The van der Waals surface area contributed by atoms with Gasteiger partial charge in [-0.15, -0.1) is 0 Å². The molecule has 1 aliphatic heterocycles. The minimum absolute atomic E-state index is 0.0356. The first kappa shape index (κ1) is 19.1. The summed E-state index contributed by atoms with van der Waals surface area (Å²) >= 11 is 0. The first-order valence-electron chi connectivity index (χ1n) is 9.90. The van der Waals surface area contributed by atoms with E-state index >= 15 is 0 Å². The van der Waals surface area contributed by atoms with Gasteiger partial charge in [-0.2, -0.15) is 0 Å². The Hall–Kier alpha value is -3.21. The fourth-order valence-electron chi connectivity index (χ4n) is 3.51. The Bertz CT molecular complexity index is 1010. The lowest BCUT2D eigenvalue weighted by Crippen LogP contribution is -2.35. The molecule has 0 aromatic heterocycles. The number of ether oxygens (including phenoxy) is 3. The summed E-state index contributed by atoms with van der Waals surface area (Å²) < 4.78 is 17.0. The highest BCUT2D eigenvalue weighted by Gasteiger charge is 2.21. The van der Waals surface area contributed by atoms with Crippen molar-refractivity contribution < 1.29 is 19.0 Å². The van der Waals surface area contributed by atoms with Crippen molar-refractivity contribution in [2.45, 2.75) is 19.9 Å². The molecule has 0 bridgehead atoms. The van der Waals surface area contributed by atoms with Gasteiger partial charge in [-0.3, -0.25) is 4.79 Å². The monoisotopic (exact) mass is 391 g/mol. The molecule has 1 aliphatic rings. The molecule has 1 amide bonds. The van der Waals surface area contributed by atoms with Crippen LogP contribution in [0.15, 0.2) is 60.7 Å². The van der Waals surface area contributed by atoms with Gasteiger partial charge in [0.1, 0.15) is 19.0 Å². The molecule has 0 fully saturated rings. The first-order chi connectivity index (χ1) is 14.1. The molecular formula is C24H25NO4. The highest BCUT2D eigenvalue weighted by Crippen LogP contribution is 2.34. The maximum Gasteiger partial charge on any atom is 0.258 e. The maximum absolute atomic E-state index is 12.6. The van der Waals surface area contributed by atoms with Crippen molar-refractivity contribution in [2.75, 3.05) is 19.8 Å². The van der Waals surface area contributed by atoms with Crippen molar-refractivity contribution in [3.63, 3.8) is 0 Å². The van der Waals surface area contributed by atoms with Crippen LogP contribution in [0, 0.1) is 5.92 Å². The fraction of sp³-hybridized carbons (Fsp3) is 0.292. The Morgan fingerprint density at radius 1 is 0.966 bits per heavy atom. The Labute approximate surface area is 170 Å². The second-order valence-electron chi connectivity index (χ2n) is 7.49. The van der Waals surface area contributed by atoms with Gasteiger partial charge in [-0.25, -0.2) is 0 Å². The molecule has 0 saturated carbocycles. The van der Waals surface area contributed by atoms with E-state index in [9.17, 15) is 4.79 Å². The third-order valence-corrected chi connectivity index (χ3v) is 5.00. The molecule has 0 unspecified atom stereocenters. The van der Waals surface area contributed by atoms with Crippen LogP contribution in [0.25, 0.3) is 10.8 Å². The number of carbonyl (C=O) groups excluding carboxylic acids is 1. The molecule has 0 radical (unpaired) electrons. The quantitative estimate of drug-likeness (QED) is 0.672. The van der Waals surface area contributed by atoms with Gasteiger partial charge in [0.2, 0.25) is 0 Å². The molecule has 1 N–H and O–H groups in total. The van der Waals surface area contributed by atoms with E-state index in [1.54, 1.807) is 0 Å². The highest BCUT2D eigenvalue weighted by atomic mass is 16.6. The van der Waals surface area contributed by atoms with Gasteiger partial charge in [-0.1, -0.05) is 50.2 Å². The second-order valence-corrected chi connectivity index (χ2v) is 7.49. The fourth-order valence-corrected chi connectivity index (χ4v) is 3.51. The molecule has 1 atom stereocenters. The van der Waals surface area contributed by atoms with Crippen molar-refractivity contribution in [2.24, 2.45) is 5.92 Å². The zero-order valence-electron chi connectivity index (χ0n) is 16.7. The van der Waals surface area contributed by atoms with Crippen LogP contribution in [0.2, 0.25) is 0 Å². The van der Waals surface area contributed by atoms with E-state index in [4.69, 9.17) is 14.2 Å². The lowest BCUT2D eigenvalue weighted by molar-refractivity contribution is -0.124. The largest absolute Gasteiger partial charge is 0.486 e. The van der Waals surface area contributed by atoms with E-state index in [0.29, 0.717) is 19.0 Å². The molecule has 4 rings (SSSR count). The zero-order valence-corrected chi connectivity index (χ0v) is 16.7. The first-order valence-corrected chi connectivity index (χ1v) is 9.90. The van der Waals surface area contributed by atoms with E-state index in [2.05, 4.69) is 19.2 Å². The summed E-state index contributed by atoms with van der Waals surface area (Å²) in [5, 5.41) is 5.31. The topological polar surface area (TPSA) is 56.8 Å². The Kier molecular flexibility index (Phi) is 5.56. The van der Waals surface area contributed by atoms with E-state index in [-0.39, 0.29) is 24.5 Å². The van der Waals surface area contributed by atoms with Crippen molar-refractivity contribution in [3.05, 3.63) is 66.2 Å². The molecule has 150 valence electrons. The van der Waals surface area contributed by atoms with Crippen LogP contribution in [0.3, 0.4) is 0 Å². The van der Waals surface area contributed by atoms with E-state index < -0.39 is 0 Å². The number of fused-ring (bicyclic) bond motifs is 2. The Morgan fingerprint density at radius 3 is 2.52 bits per heavy atom. The average Bonchev–Trinajstić information content (AvgIpc) is 2.75. The third-order valence-electron chi connectivity index (χ3n) is 5.00. The lowest BCUT2D eigenvalue weighted by Gasteiger charge is -2.25. The predicted octanol–water partition coefficient (Wildman–Crippen LogP) is 4.50. The van der Waals surface area contributed by atoms with Gasteiger partial charge >= 0.3 is 0 Å². The van der Waals surface area contributed by atoms with Gasteiger partial charge in [0, 0.05) is 0 Å². The maximum atomic E-state index is 12.6. The van der Waals surface area contributed by atoms with E-state index in [1.165, 1.54) is 0 Å². The molecular weight excluding hydrogens is 366 g/mol. The Morgan fingerprint density at radius 2 is 1.72 bits per heavy atom. The van der Waals surface area contributed by atoms with Crippen LogP contribution in [0.4, 0.5) is 0 Å². The molecule has 1 heterocycles. The molecule has 29 heavy (non-hydrogen) atoms. The van der Waals surface area contributed by atoms with Crippen LogP contribution in [0.5, 0.6) is 17.2 Å². The lowest BCUT2D eigenvalue weighted by atomic mass is 9.95. The number of benzene rings is 3. The van der Waals surface area contributed by atoms with Crippen LogP contribution < -0.4 is 19.5 Å². The van der Waals surface area contributed by atoms with Crippen molar-refractivity contribution in [3.8, 4) is 17.2 Å². The van der Waals surface area contributed by atoms with Crippen LogP contribution in [-0.2, 0) is 4.79 Å². The summed E-state index contributed by atoms with van der Waals surface area (Å²) in [5.74, 6) is 2.20. The number of carbonyl (C=O) groups is 1. The summed E-state index contributed by atoms with van der Waals surface area (Å²) in [6, 6.07) is 19.6. The number of nitrogens with one attached hydrogen (secondary N) is 1. The minimum Gasteiger partial charge on any atom is -0.486 e. The van der Waals surface area contributed by atoms with Crippen LogP contribution in [-0.4, -0.2) is 25.7 Å². The number of rotatable bonds is 6. The summed E-state index contributed by atoms with van der Waals surface area (Å²) in [5.41, 5.74) is 0.989. The summed E-state index contributed by atoms with van der Waals surface area (Å²) in [6.07, 6.45) is 0. The molecule has 3 aromatic carbocycles. The normalized spacial score (nSPS) is 13.9. The molecule has 5 nitrogen and oxygen atoms in total. The molecule has 0 saturated heterocycles. The van der Waals surface area contributed by atoms with Gasteiger partial charge < -0.3 is 19.5 Å². The summed E-state index contributed by atoms with van der Waals surface area (Å²) in [6.45, 7) is 5.21. The van der Waals surface area contributed by atoms with Crippen LogP contribution in [0.1, 0.15) is 25.5 Å². The summed E-state index contributed by atoms with van der Waals surface area (Å²) in [4.78, 5) is 12.6. The third kappa shape index (κ3) is 4.45. The van der Waals surface area contributed by atoms with E-state index in [0.717, 1.165) is 27.8 Å². The number of hydrogen-bond acceptors (Lipinski definition) is 4. The molecule has 3 aromatic rings. The van der Waals surface area contributed by atoms with Gasteiger partial charge in [0.25, 0.3) is 5.91 Å². The molecule has 0 aliphatic carbocycles. The van der Waals surface area contributed by atoms with Gasteiger partial charge in [-0.05, 0) is 46.5 Å². The smallest absolute Gasteiger partial charge is 0.258 e. The zero-order chi connectivity index (χ0) is 20.2. The van der Waals surface area contributed by atoms with Gasteiger partial charge in [0.15, 0.2) is 18.1 Å². The van der Waals surface area contributed by atoms with Crippen molar-refractivity contribution in [1.29, 1.82) is 0 Å². The molecule has 0 spiro atoms. The SMILES string of the molecule is CC(C)[C@H](NC(=O)COc1ccc2ccccc2c1)c1ccc2c(c1)OCCO2. The number of amides is 1. The standard InChI is InChI=1S/C24H25NO4/c1-16(2)24(19-8-10-21-22(14-19)28-12-11-27-21)25-23(26)15-29-20-9-7-17-5-3-4-6-18(17)13-20/h3-10,13-14,16,24H,11-12,15H2,1-2H3,(H,25,26)/t24-/m0/s1. The van der Waals surface area contributed by atoms with Crippen molar-refractivity contribution in [1.82, 2.24) is 5.32 Å². The van der Waals surface area contributed by atoms with Crippen LogP contribution >= 0.6 is 0 Å². The highest BCUT2D eigenvalue weighted by molar-refractivity contribution is 5.84. The predicted molar refractivity (Wildman–Crippen MR) is 113 cm³/mol. The number of hydrogen-bond donors (Lipinski definition) is 1. The van der Waals surface area contributed by atoms with E-state index in [1.807, 2.05) is 60.7 Å². The molecule has 5 heteroatoms. The van der Waals surface area contributed by atoms with Crippen molar-refractivity contribution >= 4 is 16.7 Å². The van der Waals surface area contributed by atoms with Gasteiger partial charge in [0.05, 0.1) is 6.04 Å². The summed E-state index contributed by atoms with van der Waals surface area (Å²) in [7, 11) is 0. The average molecular weight is 391 g/mol.